The number of aliphatic hydroxyl groups excluding tert-OH is 1. The van der Waals surface area contributed by atoms with E-state index in [9.17, 15) is 13.9 Å². The molecule has 0 aliphatic carbocycles. The van der Waals surface area contributed by atoms with Gasteiger partial charge in [0.2, 0.25) is 0 Å². The molecular formula is C19H14F2N2O. The molecule has 0 aliphatic heterocycles. The van der Waals surface area contributed by atoms with Crippen molar-refractivity contribution in [3.63, 3.8) is 0 Å². The van der Waals surface area contributed by atoms with E-state index in [2.05, 4.69) is 15.9 Å². The molecule has 1 unspecified atom stereocenters. The van der Waals surface area contributed by atoms with E-state index in [4.69, 9.17) is 6.42 Å². The lowest BCUT2D eigenvalue weighted by atomic mass is 10.0. The first-order valence-corrected chi connectivity index (χ1v) is 7.33. The topological polar surface area (TPSA) is 46.0 Å². The molecule has 0 fully saturated rings. The van der Waals surface area contributed by atoms with Crippen molar-refractivity contribution in [1.82, 2.24) is 9.97 Å². The number of benzene rings is 2. The molecule has 0 radical (unpaired) electrons. The van der Waals surface area contributed by atoms with Gasteiger partial charge in [0.05, 0.1) is 0 Å². The van der Waals surface area contributed by atoms with Crippen LogP contribution >= 0.6 is 0 Å². The van der Waals surface area contributed by atoms with Crippen LogP contribution in [0.3, 0.4) is 0 Å². The zero-order valence-corrected chi connectivity index (χ0v) is 12.9. The molecule has 0 spiro atoms. The van der Waals surface area contributed by atoms with Gasteiger partial charge in [0, 0.05) is 29.8 Å². The number of halogens is 2. The predicted octanol–water partition coefficient (Wildman–Crippen LogP) is 3.42. The van der Waals surface area contributed by atoms with Crippen molar-refractivity contribution in [3.8, 4) is 23.5 Å². The number of aryl methyl sites for hydroxylation is 1. The summed E-state index contributed by atoms with van der Waals surface area (Å²) < 4.78 is 27.9. The van der Waals surface area contributed by atoms with Crippen LogP contribution in [0.1, 0.15) is 11.4 Å². The Morgan fingerprint density at radius 2 is 1.83 bits per heavy atom. The highest BCUT2D eigenvalue weighted by atomic mass is 19.2. The molecule has 1 heterocycles. The standard InChI is InChI=1S/C19H14F2N2O/c1-3-15(24)8-17-22-9-14(10-23-17)12-4-5-13-6-11(2)18(20)19(21)16(13)7-12/h1,4-7,9-10,15,24H,8H2,2H3. The molecule has 0 saturated carbocycles. The SMILES string of the molecule is C#CC(O)Cc1ncc(-c2ccc3cc(C)c(F)c(F)c3c2)cn1. The number of terminal acetylenes is 1. The second kappa shape index (κ2) is 6.34. The van der Waals surface area contributed by atoms with Crippen LogP contribution in [0.2, 0.25) is 0 Å². The smallest absolute Gasteiger partial charge is 0.166 e. The van der Waals surface area contributed by atoms with E-state index < -0.39 is 17.7 Å². The van der Waals surface area contributed by atoms with Gasteiger partial charge in [-0.3, -0.25) is 0 Å². The minimum atomic E-state index is -0.933. The van der Waals surface area contributed by atoms with E-state index in [1.807, 2.05) is 0 Å². The first kappa shape index (κ1) is 16.0. The fourth-order valence-corrected chi connectivity index (χ4v) is 2.48. The third kappa shape index (κ3) is 2.97. The molecule has 1 N–H and O–H groups in total. The summed E-state index contributed by atoms with van der Waals surface area (Å²) in [6.07, 6.45) is 7.47. The molecule has 0 amide bonds. The Bertz CT molecular complexity index is 946. The lowest BCUT2D eigenvalue weighted by Crippen LogP contribution is -2.09. The lowest BCUT2D eigenvalue weighted by molar-refractivity contribution is 0.230. The maximum Gasteiger partial charge on any atom is 0.166 e. The fourth-order valence-electron chi connectivity index (χ4n) is 2.48. The molecule has 0 saturated heterocycles. The summed E-state index contributed by atoms with van der Waals surface area (Å²) >= 11 is 0. The van der Waals surface area contributed by atoms with E-state index in [0.717, 1.165) is 0 Å². The summed E-state index contributed by atoms with van der Waals surface area (Å²) in [5.41, 5.74) is 1.61. The van der Waals surface area contributed by atoms with E-state index in [1.165, 1.54) is 6.92 Å². The Labute approximate surface area is 138 Å². The number of aromatic nitrogens is 2. The van der Waals surface area contributed by atoms with Crippen molar-refractivity contribution in [2.45, 2.75) is 19.4 Å². The molecule has 24 heavy (non-hydrogen) atoms. The van der Waals surface area contributed by atoms with Crippen molar-refractivity contribution in [2.24, 2.45) is 0 Å². The van der Waals surface area contributed by atoms with Crippen LogP contribution in [0.25, 0.3) is 21.9 Å². The Balaban J connectivity index is 1.99. The van der Waals surface area contributed by atoms with Crippen LogP contribution in [0.15, 0.2) is 36.7 Å². The normalized spacial score (nSPS) is 12.1. The molecule has 0 aliphatic rings. The molecule has 3 nitrogen and oxygen atoms in total. The second-order valence-corrected chi connectivity index (χ2v) is 5.53. The van der Waals surface area contributed by atoms with Gasteiger partial charge in [-0.15, -0.1) is 6.42 Å². The molecular weight excluding hydrogens is 310 g/mol. The Kier molecular flexibility index (Phi) is 4.24. The number of fused-ring (bicyclic) bond motifs is 1. The van der Waals surface area contributed by atoms with Gasteiger partial charge in [0.15, 0.2) is 11.6 Å². The average molecular weight is 324 g/mol. The molecule has 3 aromatic rings. The van der Waals surface area contributed by atoms with Crippen LogP contribution in [-0.4, -0.2) is 21.2 Å². The summed E-state index contributed by atoms with van der Waals surface area (Å²) in [6.45, 7) is 1.53. The van der Waals surface area contributed by atoms with E-state index in [1.54, 1.807) is 36.7 Å². The van der Waals surface area contributed by atoms with Gasteiger partial charge in [0.25, 0.3) is 0 Å². The van der Waals surface area contributed by atoms with Crippen LogP contribution < -0.4 is 0 Å². The molecule has 1 aromatic heterocycles. The van der Waals surface area contributed by atoms with Crippen LogP contribution in [0, 0.1) is 30.9 Å². The molecule has 0 bridgehead atoms. The van der Waals surface area contributed by atoms with Crippen molar-refractivity contribution in [3.05, 3.63) is 59.7 Å². The fraction of sp³-hybridized carbons (Fsp3) is 0.158. The number of hydrogen-bond donors (Lipinski definition) is 1. The van der Waals surface area contributed by atoms with Crippen molar-refractivity contribution in [1.29, 1.82) is 0 Å². The minimum absolute atomic E-state index is 0.160. The van der Waals surface area contributed by atoms with Gasteiger partial charge < -0.3 is 5.11 Å². The van der Waals surface area contributed by atoms with E-state index in [-0.39, 0.29) is 17.4 Å². The maximum atomic E-state index is 14.1. The highest BCUT2D eigenvalue weighted by Crippen LogP contribution is 2.28. The second-order valence-electron chi connectivity index (χ2n) is 5.53. The summed E-state index contributed by atoms with van der Waals surface area (Å²) in [4.78, 5) is 8.29. The third-order valence-corrected chi connectivity index (χ3v) is 3.81. The maximum absolute atomic E-state index is 14.1. The highest BCUT2D eigenvalue weighted by molar-refractivity contribution is 5.88. The third-order valence-electron chi connectivity index (χ3n) is 3.81. The van der Waals surface area contributed by atoms with Crippen LogP contribution in [0.4, 0.5) is 8.78 Å². The molecule has 2 aromatic carbocycles. The average Bonchev–Trinajstić information content (AvgIpc) is 2.60. The first-order chi connectivity index (χ1) is 11.5. The summed E-state index contributed by atoms with van der Waals surface area (Å²) in [6, 6.07) is 6.71. The largest absolute Gasteiger partial charge is 0.380 e. The molecule has 5 heteroatoms. The number of rotatable bonds is 3. The van der Waals surface area contributed by atoms with Crippen LogP contribution in [0.5, 0.6) is 0 Å². The van der Waals surface area contributed by atoms with Gasteiger partial charge >= 0.3 is 0 Å². The minimum Gasteiger partial charge on any atom is -0.380 e. The van der Waals surface area contributed by atoms with Gasteiger partial charge in [-0.05, 0) is 35.6 Å². The van der Waals surface area contributed by atoms with Crippen molar-refractivity contribution in [2.75, 3.05) is 0 Å². The number of aliphatic hydroxyl groups is 1. The van der Waals surface area contributed by atoms with Crippen LogP contribution in [-0.2, 0) is 6.42 Å². The van der Waals surface area contributed by atoms with Gasteiger partial charge in [0.1, 0.15) is 11.9 Å². The van der Waals surface area contributed by atoms with Gasteiger partial charge in [-0.1, -0.05) is 18.1 Å². The van der Waals surface area contributed by atoms with Crippen molar-refractivity contribution >= 4 is 10.8 Å². The highest BCUT2D eigenvalue weighted by Gasteiger charge is 2.12. The first-order valence-electron chi connectivity index (χ1n) is 7.33. The van der Waals surface area contributed by atoms with E-state index >= 15 is 0 Å². The van der Waals surface area contributed by atoms with Crippen molar-refractivity contribution < 1.29 is 13.9 Å². The zero-order valence-electron chi connectivity index (χ0n) is 12.9. The molecule has 1 atom stereocenters. The summed E-state index contributed by atoms with van der Waals surface area (Å²) in [7, 11) is 0. The van der Waals surface area contributed by atoms with E-state index in [0.29, 0.717) is 22.3 Å². The number of nitrogens with zero attached hydrogens (tertiary/aromatic N) is 2. The quantitative estimate of drug-likeness (QED) is 0.751. The monoisotopic (exact) mass is 324 g/mol. The van der Waals surface area contributed by atoms with Gasteiger partial charge in [-0.2, -0.15) is 0 Å². The molecule has 3 rings (SSSR count). The lowest BCUT2D eigenvalue weighted by Gasteiger charge is -2.08. The zero-order chi connectivity index (χ0) is 17.3. The Morgan fingerprint density at radius 3 is 2.50 bits per heavy atom. The number of hydrogen-bond acceptors (Lipinski definition) is 3. The van der Waals surface area contributed by atoms with Gasteiger partial charge in [-0.25, -0.2) is 18.7 Å². The summed E-state index contributed by atoms with van der Waals surface area (Å²) in [5, 5.41) is 10.2. The molecule has 120 valence electrons. The Morgan fingerprint density at radius 1 is 1.12 bits per heavy atom. The predicted molar refractivity (Wildman–Crippen MR) is 88.2 cm³/mol. The Hall–Kier alpha value is -2.84. The summed E-state index contributed by atoms with van der Waals surface area (Å²) in [5.74, 6) is 0.911.